The van der Waals surface area contributed by atoms with Crippen LogP contribution in [0.2, 0.25) is 0 Å². The van der Waals surface area contributed by atoms with Gasteiger partial charge >= 0.3 is 0 Å². The van der Waals surface area contributed by atoms with Gasteiger partial charge in [-0.2, -0.15) is 0 Å². The number of carbonyl (C=O) groups is 1. The highest BCUT2D eigenvalue weighted by atomic mass is 16.3. The average Bonchev–Trinajstić information content (AvgIpc) is 2.36. The number of ketones is 1. The largest absolute Gasteiger partial charge is 0.385 e. The lowest BCUT2D eigenvalue weighted by atomic mass is 9.99. The smallest absolute Gasteiger partial charge is 0.191 e. The van der Waals surface area contributed by atoms with Crippen molar-refractivity contribution in [1.82, 2.24) is 4.98 Å². The lowest BCUT2D eigenvalue weighted by molar-refractivity contribution is 0.0742. The van der Waals surface area contributed by atoms with Gasteiger partial charge in [-0.05, 0) is 17.9 Å². The van der Waals surface area contributed by atoms with E-state index in [1.165, 1.54) is 0 Å². The van der Waals surface area contributed by atoms with Gasteiger partial charge in [0.1, 0.15) is 6.10 Å². The number of nitrogens with zero attached hydrogens (tertiary/aromatic N) is 1. The number of fused-ring (bicyclic) bond motifs is 1. The molecule has 0 aliphatic heterocycles. The average molecular weight is 215 g/mol. The Morgan fingerprint density at radius 1 is 1.44 bits per heavy atom. The van der Waals surface area contributed by atoms with E-state index in [2.05, 4.69) is 4.98 Å². The summed E-state index contributed by atoms with van der Waals surface area (Å²) in [6.45, 7) is 1.79. The first kappa shape index (κ1) is 10.8. The summed E-state index contributed by atoms with van der Waals surface area (Å²) in [5.74, 6) is -0.223. The molecule has 3 heteroatoms. The highest BCUT2D eigenvalue weighted by molar-refractivity contribution is 6.09. The van der Waals surface area contributed by atoms with Crippen LogP contribution in [-0.4, -0.2) is 22.0 Å². The Balaban J connectivity index is 2.56. The Morgan fingerprint density at radius 3 is 3.00 bits per heavy atom. The lowest BCUT2D eigenvalue weighted by Crippen LogP contribution is -2.19. The van der Waals surface area contributed by atoms with E-state index in [0.29, 0.717) is 12.0 Å². The van der Waals surface area contributed by atoms with Crippen LogP contribution in [0.1, 0.15) is 23.7 Å². The zero-order valence-corrected chi connectivity index (χ0v) is 9.05. The third-order valence-corrected chi connectivity index (χ3v) is 2.64. The second-order valence-corrected chi connectivity index (χ2v) is 3.69. The molecule has 0 spiro atoms. The van der Waals surface area contributed by atoms with Crippen LogP contribution in [0.15, 0.2) is 36.7 Å². The Hall–Kier alpha value is -1.74. The molecule has 2 aromatic rings. The number of benzene rings is 1. The molecule has 3 nitrogen and oxygen atoms in total. The molecule has 16 heavy (non-hydrogen) atoms. The summed E-state index contributed by atoms with van der Waals surface area (Å²) in [6.07, 6.45) is 2.88. The Labute approximate surface area is 93.7 Å². The molecule has 0 radical (unpaired) electrons. The zero-order chi connectivity index (χ0) is 11.5. The van der Waals surface area contributed by atoms with Crippen molar-refractivity contribution in [3.8, 4) is 0 Å². The number of aliphatic hydroxyl groups is 1. The van der Waals surface area contributed by atoms with E-state index >= 15 is 0 Å². The van der Waals surface area contributed by atoms with Gasteiger partial charge in [0.25, 0.3) is 0 Å². The fourth-order valence-electron chi connectivity index (χ4n) is 1.70. The van der Waals surface area contributed by atoms with Crippen LogP contribution in [0.4, 0.5) is 0 Å². The first-order chi connectivity index (χ1) is 7.74. The second kappa shape index (κ2) is 4.41. The number of Topliss-reactive ketones (excluding diaryl/α,β-unsaturated/α-hetero) is 1. The highest BCUT2D eigenvalue weighted by Crippen LogP contribution is 2.19. The molecule has 82 valence electrons. The number of rotatable bonds is 3. The van der Waals surface area contributed by atoms with Crippen LogP contribution >= 0.6 is 0 Å². The standard InChI is InChI=1S/C13H13NO2/c1-2-12(15)13(16)11-5-3-4-9-8-14-7-6-10(9)11/h3-8,12,15H,2H2,1H3. The molecule has 1 atom stereocenters. The second-order valence-electron chi connectivity index (χ2n) is 3.69. The van der Waals surface area contributed by atoms with Crippen LogP contribution in [0.25, 0.3) is 10.8 Å². The minimum absolute atomic E-state index is 0.223. The van der Waals surface area contributed by atoms with Crippen molar-refractivity contribution in [2.24, 2.45) is 0 Å². The molecule has 0 bridgehead atoms. The topological polar surface area (TPSA) is 50.2 Å². The summed E-state index contributed by atoms with van der Waals surface area (Å²) < 4.78 is 0. The minimum Gasteiger partial charge on any atom is -0.385 e. The minimum atomic E-state index is -0.918. The van der Waals surface area contributed by atoms with Crippen LogP contribution in [0, 0.1) is 0 Å². The SMILES string of the molecule is CCC(O)C(=O)c1cccc2cnccc12. The summed E-state index contributed by atoms with van der Waals surface area (Å²) >= 11 is 0. The van der Waals surface area contributed by atoms with E-state index in [4.69, 9.17) is 0 Å². The van der Waals surface area contributed by atoms with Crippen molar-refractivity contribution in [2.75, 3.05) is 0 Å². The van der Waals surface area contributed by atoms with Crippen LogP contribution in [-0.2, 0) is 0 Å². The van der Waals surface area contributed by atoms with Crippen molar-refractivity contribution in [2.45, 2.75) is 19.4 Å². The van der Waals surface area contributed by atoms with Gasteiger partial charge in [0.2, 0.25) is 0 Å². The molecule has 1 unspecified atom stereocenters. The number of aromatic nitrogens is 1. The quantitative estimate of drug-likeness (QED) is 0.798. The third-order valence-electron chi connectivity index (χ3n) is 2.64. The number of hydrogen-bond donors (Lipinski definition) is 1. The summed E-state index contributed by atoms with van der Waals surface area (Å²) in [7, 11) is 0. The van der Waals surface area contributed by atoms with E-state index in [1.807, 2.05) is 6.07 Å². The molecule has 1 heterocycles. The Morgan fingerprint density at radius 2 is 2.25 bits per heavy atom. The first-order valence-electron chi connectivity index (χ1n) is 5.29. The van der Waals surface area contributed by atoms with Gasteiger partial charge in [-0.15, -0.1) is 0 Å². The van der Waals surface area contributed by atoms with Gasteiger partial charge in [-0.3, -0.25) is 9.78 Å². The molecular formula is C13H13NO2. The summed E-state index contributed by atoms with van der Waals surface area (Å²) in [6, 6.07) is 7.24. The fourth-order valence-corrected chi connectivity index (χ4v) is 1.70. The predicted molar refractivity (Wildman–Crippen MR) is 62.4 cm³/mol. The van der Waals surface area contributed by atoms with Gasteiger partial charge in [-0.25, -0.2) is 0 Å². The molecule has 2 rings (SSSR count). The van der Waals surface area contributed by atoms with Crippen molar-refractivity contribution in [3.63, 3.8) is 0 Å². The molecule has 0 amide bonds. The number of pyridine rings is 1. The summed E-state index contributed by atoms with van der Waals surface area (Å²) in [5.41, 5.74) is 0.564. The predicted octanol–water partition coefficient (Wildman–Crippen LogP) is 2.19. The first-order valence-corrected chi connectivity index (χ1v) is 5.29. The summed E-state index contributed by atoms with van der Waals surface area (Å²) in [5, 5.41) is 11.3. The molecule has 0 fully saturated rings. The normalized spacial score (nSPS) is 12.6. The van der Waals surface area contributed by atoms with Crippen LogP contribution in [0.3, 0.4) is 0 Å². The molecule has 1 aromatic heterocycles. The maximum absolute atomic E-state index is 11.9. The lowest BCUT2D eigenvalue weighted by Gasteiger charge is -2.09. The van der Waals surface area contributed by atoms with Crippen molar-refractivity contribution >= 4 is 16.6 Å². The van der Waals surface area contributed by atoms with Gasteiger partial charge in [0.05, 0.1) is 0 Å². The molecule has 0 saturated heterocycles. The molecular weight excluding hydrogens is 202 g/mol. The number of carbonyl (C=O) groups excluding carboxylic acids is 1. The molecule has 1 aromatic carbocycles. The Kier molecular flexibility index (Phi) is 2.97. The molecule has 0 saturated carbocycles. The maximum atomic E-state index is 11.9. The fraction of sp³-hybridized carbons (Fsp3) is 0.231. The van der Waals surface area contributed by atoms with Gasteiger partial charge < -0.3 is 5.11 Å². The zero-order valence-electron chi connectivity index (χ0n) is 9.05. The van der Waals surface area contributed by atoms with Gasteiger partial charge in [0.15, 0.2) is 5.78 Å². The maximum Gasteiger partial charge on any atom is 0.191 e. The van der Waals surface area contributed by atoms with E-state index in [-0.39, 0.29) is 5.78 Å². The van der Waals surface area contributed by atoms with Gasteiger partial charge in [0, 0.05) is 23.3 Å². The molecule has 0 aliphatic rings. The Bertz CT molecular complexity index is 517. The van der Waals surface area contributed by atoms with E-state index in [0.717, 1.165) is 10.8 Å². The van der Waals surface area contributed by atoms with E-state index < -0.39 is 6.10 Å². The van der Waals surface area contributed by atoms with Crippen molar-refractivity contribution in [1.29, 1.82) is 0 Å². The van der Waals surface area contributed by atoms with Crippen LogP contribution in [0.5, 0.6) is 0 Å². The summed E-state index contributed by atoms with van der Waals surface area (Å²) in [4.78, 5) is 15.9. The highest BCUT2D eigenvalue weighted by Gasteiger charge is 2.16. The van der Waals surface area contributed by atoms with E-state index in [1.54, 1.807) is 37.5 Å². The monoisotopic (exact) mass is 215 g/mol. The van der Waals surface area contributed by atoms with Crippen molar-refractivity contribution in [3.05, 3.63) is 42.2 Å². The number of aliphatic hydroxyl groups excluding tert-OH is 1. The van der Waals surface area contributed by atoms with Crippen molar-refractivity contribution < 1.29 is 9.90 Å². The van der Waals surface area contributed by atoms with Gasteiger partial charge in [-0.1, -0.05) is 25.1 Å². The molecule has 0 aliphatic carbocycles. The third kappa shape index (κ3) is 1.82. The van der Waals surface area contributed by atoms with Crippen LogP contribution < -0.4 is 0 Å². The van der Waals surface area contributed by atoms with E-state index in [9.17, 15) is 9.90 Å². The number of hydrogen-bond acceptors (Lipinski definition) is 3. The molecule has 1 N–H and O–H groups in total.